The molecule has 0 spiro atoms. The van der Waals surface area contributed by atoms with E-state index in [0.29, 0.717) is 18.4 Å². The van der Waals surface area contributed by atoms with Crippen molar-refractivity contribution in [3.8, 4) is 0 Å². The van der Waals surface area contributed by atoms with Crippen molar-refractivity contribution in [1.82, 2.24) is 4.90 Å². The van der Waals surface area contributed by atoms with Gasteiger partial charge in [-0.15, -0.1) is 0 Å². The van der Waals surface area contributed by atoms with Crippen molar-refractivity contribution in [2.75, 3.05) is 0 Å². The largest absolute Gasteiger partial charge is 0.332 e. The Hall–Kier alpha value is -1.52. The van der Waals surface area contributed by atoms with Gasteiger partial charge in [-0.2, -0.15) is 0 Å². The number of alkyl halides is 2. The molecule has 120 valence electrons. The molecule has 5 heteroatoms. The molecule has 2 saturated heterocycles. The standard InChI is InChI=1S/C17H20F3NO/c1-10-6-11(8-12(18)7-10)14-5-4-13-9-16(2,17(3,19)20)15(22)21(13)14/h6-8,13-14H,4-5,9H2,1-3H3/t13-,14-,16+/m1/s1. The van der Waals surface area contributed by atoms with Gasteiger partial charge in [0.15, 0.2) is 0 Å². The van der Waals surface area contributed by atoms with E-state index in [-0.39, 0.29) is 24.3 Å². The fourth-order valence-electron chi connectivity index (χ4n) is 3.89. The first-order valence-electron chi connectivity index (χ1n) is 7.61. The lowest BCUT2D eigenvalue weighted by molar-refractivity contribution is -0.156. The molecule has 1 aromatic rings. The quantitative estimate of drug-likeness (QED) is 0.800. The van der Waals surface area contributed by atoms with Crippen LogP contribution in [0.1, 0.15) is 50.3 Å². The number of carbonyl (C=O) groups excluding carboxylic acids is 1. The number of amides is 1. The Morgan fingerprint density at radius 1 is 1.27 bits per heavy atom. The van der Waals surface area contributed by atoms with Gasteiger partial charge in [0.1, 0.15) is 11.2 Å². The molecule has 0 unspecified atom stereocenters. The van der Waals surface area contributed by atoms with Crippen LogP contribution in [-0.4, -0.2) is 22.8 Å². The van der Waals surface area contributed by atoms with Crippen molar-refractivity contribution >= 4 is 5.91 Å². The molecule has 0 aromatic heterocycles. The summed E-state index contributed by atoms with van der Waals surface area (Å²) in [6, 6.07) is 4.20. The maximum absolute atomic E-state index is 13.9. The summed E-state index contributed by atoms with van der Waals surface area (Å²) in [6.45, 7) is 3.95. The van der Waals surface area contributed by atoms with Gasteiger partial charge in [-0.3, -0.25) is 4.79 Å². The van der Waals surface area contributed by atoms with Crippen LogP contribution >= 0.6 is 0 Å². The first-order valence-corrected chi connectivity index (χ1v) is 7.61. The molecular weight excluding hydrogens is 291 g/mol. The van der Waals surface area contributed by atoms with E-state index >= 15 is 0 Å². The van der Waals surface area contributed by atoms with Gasteiger partial charge < -0.3 is 4.90 Å². The molecule has 0 radical (unpaired) electrons. The van der Waals surface area contributed by atoms with Crippen molar-refractivity contribution in [3.05, 3.63) is 35.1 Å². The normalized spacial score (nSPS) is 31.7. The summed E-state index contributed by atoms with van der Waals surface area (Å²) in [6.07, 6.45) is 1.56. The van der Waals surface area contributed by atoms with Gasteiger partial charge in [-0.1, -0.05) is 6.07 Å². The highest BCUT2D eigenvalue weighted by molar-refractivity contribution is 5.87. The molecule has 1 amide bonds. The molecular formula is C17H20F3NO. The van der Waals surface area contributed by atoms with Crippen molar-refractivity contribution in [2.45, 2.75) is 58.0 Å². The van der Waals surface area contributed by atoms with E-state index in [1.807, 2.05) is 6.07 Å². The number of benzene rings is 1. The zero-order valence-corrected chi connectivity index (χ0v) is 13.0. The highest BCUT2D eigenvalue weighted by atomic mass is 19.3. The van der Waals surface area contributed by atoms with Gasteiger partial charge in [0.05, 0.1) is 6.04 Å². The van der Waals surface area contributed by atoms with Gasteiger partial charge in [0, 0.05) is 13.0 Å². The van der Waals surface area contributed by atoms with E-state index in [0.717, 1.165) is 12.5 Å². The van der Waals surface area contributed by atoms with E-state index in [9.17, 15) is 18.0 Å². The van der Waals surface area contributed by atoms with E-state index < -0.39 is 17.2 Å². The highest BCUT2D eigenvalue weighted by Gasteiger charge is 2.62. The lowest BCUT2D eigenvalue weighted by atomic mass is 9.80. The number of carbonyl (C=O) groups is 1. The van der Waals surface area contributed by atoms with E-state index in [1.54, 1.807) is 11.8 Å². The van der Waals surface area contributed by atoms with Gasteiger partial charge >= 0.3 is 0 Å². The lowest BCUT2D eigenvalue weighted by Gasteiger charge is -2.31. The molecule has 22 heavy (non-hydrogen) atoms. The molecule has 1 aromatic carbocycles. The highest BCUT2D eigenvalue weighted by Crippen LogP contribution is 2.54. The Morgan fingerprint density at radius 2 is 1.95 bits per heavy atom. The Morgan fingerprint density at radius 3 is 2.55 bits per heavy atom. The maximum atomic E-state index is 13.9. The summed E-state index contributed by atoms with van der Waals surface area (Å²) in [5, 5.41) is 0. The summed E-state index contributed by atoms with van der Waals surface area (Å²) < 4.78 is 41.5. The number of hydrogen-bond donors (Lipinski definition) is 0. The fraction of sp³-hybridized carbons (Fsp3) is 0.588. The first kappa shape index (κ1) is 15.4. The molecule has 2 heterocycles. The maximum Gasteiger partial charge on any atom is 0.259 e. The second-order valence-corrected chi connectivity index (χ2v) is 6.95. The minimum Gasteiger partial charge on any atom is -0.332 e. The van der Waals surface area contributed by atoms with Crippen LogP contribution in [0.5, 0.6) is 0 Å². The predicted molar refractivity (Wildman–Crippen MR) is 77.1 cm³/mol. The topological polar surface area (TPSA) is 20.3 Å². The molecule has 3 atom stereocenters. The SMILES string of the molecule is Cc1cc(F)cc([C@H]2CC[C@@H]3C[C@](C)(C(C)(F)F)C(=O)N32)c1. The number of hydrogen-bond acceptors (Lipinski definition) is 1. The fourth-order valence-corrected chi connectivity index (χ4v) is 3.89. The summed E-state index contributed by atoms with van der Waals surface area (Å²) in [7, 11) is 0. The number of nitrogens with zero attached hydrogens (tertiary/aromatic N) is 1. The summed E-state index contributed by atoms with van der Waals surface area (Å²) >= 11 is 0. The smallest absolute Gasteiger partial charge is 0.259 e. The van der Waals surface area contributed by atoms with Crippen LogP contribution in [0.3, 0.4) is 0 Å². The second kappa shape index (κ2) is 4.74. The van der Waals surface area contributed by atoms with Gasteiger partial charge in [-0.05, 0) is 56.4 Å². The predicted octanol–water partition coefficient (Wildman–Crippen LogP) is 4.23. The minimum absolute atomic E-state index is 0.167. The van der Waals surface area contributed by atoms with Crippen molar-refractivity contribution in [3.63, 3.8) is 0 Å². The molecule has 3 rings (SSSR count). The third kappa shape index (κ3) is 2.13. The van der Waals surface area contributed by atoms with Crippen LogP contribution in [0.15, 0.2) is 18.2 Å². The van der Waals surface area contributed by atoms with Crippen LogP contribution in [0, 0.1) is 18.2 Å². The monoisotopic (exact) mass is 311 g/mol. The van der Waals surface area contributed by atoms with Crippen LogP contribution in [-0.2, 0) is 4.79 Å². The second-order valence-electron chi connectivity index (χ2n) is 6.95. The zero-order valence-electron chi connectivity index (χ0n) is 13.0. The molecule has 2 aliphatic rings. The number of rotatable bonds is 2. The van der Waals surface area contributed by atoms with Crippen LogP contribution < -0.4 is 0 Å². The molecule has 2 aliphatic heterocycles. The average molecular weight is 311 g/mol. The number of fused-ring (bicyclic) bond motifs is 1. The number of halogens is 3. The average Bonchev–Trinajstić information content (AvgIpc) is 2.88. The Balaban J connectivity index is 1.97. The van der Waals surface area contributed by atoms with Gasteiger partial charge in [0.25, 0.3) is 5.92 Å². The van der Waals surface area contributed by atoms with E-state index in [4.69, 9.17) is 0 Å². The molecule has 0 saturated carbocycles. The van der Waals surface area contributed by atoms with E-state index in [2.05, 4.69) is 0 Å². The molecule has 2 fully saturated rings. The zero-order chi connectivity index (χ0) is 16.3. The molecule has 0 N–H and O–H groups in total. The van der Waals surface area contributed by atoms with Crippen molar-refractivity contribution < 1.29 is 18.0 Å². The van der Waals surface area contributed by atoms with Crippen LogP contribution in [0.2, 0.25) is 0 Å². The minimum atomic E-state index is -3.06. The Kier molecular flexibility index (Phi) is 3.31. The Labute approximate surface area is 128 Å². The molecule has 2 nitrogen and oxygen atoms in total. The first-order chi connectivity index (χ1) is 10.1. The van der Waals surface area contributed by atoms with Crippen LogP contribution in [0.4, 0.5) is 13.2 Å². The lowest BCUT2D eigenvalue weighted by Crippen LogP contribution is -2.44. The van der Waals surface area contributed by atoms with Gasteiger partial charge in [-0.25, -0.2) is 13.2 Å². The summed E-state index contributed by atoms with van der Waals surface area (Å²) in [5.41, 5.74) is -0.177. The molecule has 0 aliphatic carbocycles. The summed E-state index contributed by atoms with van der Waals surface area (Å²) in [5.74, 6) is -3.92. The van der Waals surface area contributed by atoms with Gasteiger partial charge in [0.2, 0.25) is 5.91 Å². The van der Waals surface area contributed by atoms with Crippen LogP contribution in [0.25, 0.3) is 0 Å². The summed E-state index contributed by atoms with van der Waals surface area (Å²) in [4.78, 5) is 14.2. The van der Waals surface area contributed by atoms with Crippen molar-refractivity contribution in [1.29, 1.82) is 0 Å². The Bertz CT molecular complexity index is 605. The van der Waals surface area contributed by atoms with E-state index in [1.165, 1.54) is 19.1 Å². The third-order valence-electron chi connectivity index (χ3n) is 5.27. The third-order valence-corrected chi connectivity index (χ3v) is 5.27. The number of aryl methyl sites for hydroxylation is 1. The molecule has 0 bridgehead atoms. The van der Waals surface area contributed by atoms with Crippen molar-refractivity contribution in [2.24, 2.45) is 5.41 Å².